The molecule has 5 nitrogen and oxygen atoms in total. The number of aromatic nitrogens is 2. The summed E-state index contributed by atoms with van der Waals surface area (Å²) >= 11 is 1.44. The van der Waals surface area contributed by atoms with Gasteiger partial charge >= 0.3 is 0 Å². The second kappa shape index (κ2) is 7.03. The Labute approximate surface area is 157 Å². The minimum absolute atomic E-state index is 0.0814. The van der Waals surface area contributed by atoms with Crippen molar-refractivity contribution in [2.75, 3.05) is 23.3 Å². The van der Waals surface area contributed by atoms with E-state index in [4.69, 9.17) is 0 Å². The Balaban J connectivity index is 1.66. The first-order valence-electron chi connectivity index (χ1n) is 9.06. The first-order chi connectivity index (χ1) is 12.7. The van der Waals surface area contributed by atoms with E-state index in [-0.39, 0.29) is 5.91 Å². The van der Waals surface area contributed by atoms with Crippen molar-refractivity contribution in [1.82, 2.24) is 9.97 Å². The van der Waals surface area contributed by atoms with E-state index in [1.54, 1.807) is 6.33 Å². The molecular weight excluding hydrogens is 344 g/mol. The van der Waals surface area contributed by atoms with E-state index in [1.807, 2.05) is 31.2 Å². The van der Waals surface area contributed by atoms with Gasteiger partial charge in [-0.25, -0.2) is 9.97 Å². The molecule has 1 aliphatic rings. The molecule has 26 heavy (non-hydrogen) atoms. The molecule has 1 aliphatic heterocycles. The number of aryl methyl sites for hydroxylation is 2. The van der Waals surface area contributed by atoms with Gasteiger partial charge in [-0.1, -0.05) is 19.1 Å². The predicted octanol–water partition coefficient (Wildman–Crippen LogP) is 4.41. The summed E-state index contributed by atoms with van der Waals surface area (Å²) in [6.45, 7) is 6.16. The molecule has 3 heterocycles. The number of thiophene rings is 1. The lowest BCUT2D eigenvalue weighted by Gasteiger charge is -2.17. The molecule has 0 aliphatic carbocycles. The van der Waals surface area contributed by atoms with Crippen molar-refractivity contribution in [2.24, 2.45) is 0 Å². The standard InChI is InChI=1S/C20H22N4OS/c1-3-14-6-8-15(9-7-14)23-19(25)17-13(2)16-18(24-10-4-5-11-24)21-12-22-20(16)26-17/h6-9,12H,3-5,10-11H2,1-2H3,(H,23,25). The number of nitrogens with one attached hydrogen (secondary N) is 1. The van der Waals surface area contributed by atoms with Crippen LogP contribution in [0.15, 0.2) is 30.6 Å². The highest BCUT2D eigenvalue weighted by molar-refractivity contribution is 7.20. The largest absolute Gasteiger partial charge is 0.356 e. The smallest absolute Gasteiger partial charge is 0.266 e. The number of carbonyl (C=O) groups excluding carboxylic acids is 1. The Kier molecular flexibility index (Phi) is 4.59. The van der Waals surface area contributed by atoms with Gasteiger partial charge in [-0.3, -0.25) is 4.79 Å². The first-order valence-corrected chi connectivity index (χ1v) is 9.88. The van der Waals surface area contributed by atoms with Crippen LogP contribution in [0.3, 0.4) is 0 Å². The quantitative estimate of drug-likeness (QED) is 0.743. The highest BCUT2D eigenvalue weighted by Crippen LogP contribution is 2.36. The normalized spacial score (nSPS) is 14.2. The zero-order chi connectivity index (χ0) is 18.1. The molecule has 4 rings (SSSR count). The summed E-state index contributed by atoms with van der Waals surface area (Å²) in [7, 11) is 0. The zero-order valence-electron chi connectivity index (χ0n) is 15.1. The van der Waals surface area contributed by atoms with Crippen LogP contribution in [0.25, 0.3) is 10.2 Å². The number of amides is 1. The van der Waals surface area contributed by atoms with Crippen molar-refractivity contribution in [2.45, 2.75) is 33.1 Å². The fourth-order valence-electron chi connectivity index (χ4n) is 3.45. The second-order valence-electron chi connectivity index (χ2n) is 6.63. The van der Waals surface area contributed by atoms with Gasteiger partial charge in [-0.05, 0) is 49.4 Å². The molecule has 1 fully saturated rings. The molecular formula is C20H22N4OS. The topological polar surface area (TPSA) is 58.1 Å². The van der Waals surface area contributed by atoms with Crippen LogP contribution < -0.4 is 10.2 Å². The van der Waals surface area contributed by atoms with Crippen LogP contribution in [0.2, 0.25) is 0 Å². The average molecular weight is 366 g/mol. The summed E-state index contributed by atoms with van der Waals surface area (Å²) in [5.41, 5.74) is 3.04. The SMILES string of the molecule is CCc1ccc(NC(=O)c2sc3ncnc(N4CCCC4)c3c2C)cc1. The lowest BCUT2D eigenvalue weighted by molar-refractivity contribution is 0.103. The van der Waals surface area contributed by atoms with E-state index in [0.29, 0.717) is 4.88 Å². The molecule has 6 heteroatoms. The van der Waals surface area contributed by atoms with Crippen LogP contribution in [-0.2, 0) is 6.42 Å². The molecule has 1 saturated heterocycles. The second-order valence-corrected chi connectivity index (χ2v) is 7.63. The lowest BCUT2D eigenvalue weighted by atomic mass is 10.1. The molecule has 0 spiro atoms. The molecule has 1 amide bonds. The summed E-state index contributed by atoms with van der Waals surface area (Å²) in [4.78, 5) is 25.6. The van der Waals surface area contributed by atoms with E-state index in [1.165, 1.54) is 29.7 Å². The summed E-state index contributed by atoms with van der Waals surface area (Å²) in [5, 5.41) is 4.03. The molecule has 134 valence electrons. The summed E-state index contributed by atoms with van der Waals surface area (Å²) in [6.07, 6.45) is 4.98. The molecule has 0 saturated carbocycles. The van der Waals surface area contributed by atoms with E-state index in [2.05, 4.69) is 27.1 Å². The highest BCUT2D eigenvalue weighted by atomic mass is 32.1. The van der Waals surface area contributed by atoms with Gasteiger partial charge in [0.25, 0.3) is 5.91 Å². The molecule has 1 aromatic carbocycles. The molecule has 0 unspecified atom stereocenters. The van der Waals surface area contributed by atoms with E-state index < -0.39 is 0 Å². The molecule has 0 atom stereocenters. The van der Waals surface area contributed by atoms with E-state index >= 15 is 0 Å². The fraction of sp³-hybridized carbons (Fsp3) is 0.350. The monoisotopic (exact) mass is 366 g/mol. The van der Waals surface area contributed by atoms with Gasteiger partial charge in [-0.15, -0.1) is 11.3 Å². The van der Waals surface area contributed by atoms with Gasteiger partial charge in [0, 0.05) is 18.8 Å². The van der Waals surface area contributed by atoms with Gasteiger partial charge in [0.2, 0.25) is 0 Å². The number of fused-ring (bicyclic) bond motifs is 1. The number of benzene rings is 1. The van der Waals surface area contributed by atoms with Crippen LogP contribution in [0.1, 0.15) is 40.6 Å². The third-order valence-corrected chi connectivity index (χ3v) is 6.14. The molecule has 3 aromatic rings. The first kappa shape index (κ1) is 17.0. The Bertz CT molecular complexity index is 942. The number of rotatable bonds is 4. The van der Waals surface area contributed by atoms with Crippen molar-refractivity contribution >= 4 is 39.0 Å². The fourth-order valence-corrected chi connectivity index (χ4v) is 4.49. The number of nitrogens with zero attached hydrogens (tertiary/aromatic N) is 3. The third kappa shape index (κ3) is 3.05. The minimum atomic E-state index is -0.0814. The summed E-state index contributed by atoms with van der Waals surface area (Å²) < 4.78 is 0. The zero-order valence-corrected chi connectivity index (χ0v) is 15.9. The number of carbonyl (C=O) groups is 1. The Morgan fingerprint density at radius 3 is 2.62 bits per heavy atom. The van der Waals surface area contributed by atoms with E-state index in [0.717, 1.165) is 46.8 Å². The highest BCUT2D eigenvalue weighted by Gasteiger charge is 2.23. The number of anilines is 2. The average Bonchev–Trinajstić information content (AvgIpc) is 3.31. The van der Waals surface area contributed by atoms with Gasteiger partial charge in [0.15, 0.2) is 0 Å². The minimum Gasteiger partial charge on any atom is -0.356 e. The maximum absolute atomic E-state index is 12.8. The third-order valence-electron chi connectivity index (χ3n) is 4.94. The van der Waals surface area contributed by atoms with Crippen LogP contribution in [0.5, 0.6) is 0 Å². The van der Waals surface area contributed by atoms with Crippen molar-refractivity contribution < 1.29 is 4.79 Å². The Hall–Kier alpha value is -2.47. The maximum Gasteiger partial charge on any atom is 0.266 e. The van der Waals surface area contributed by atoms with Crippen LogP contribution in [0, 0.1) is 6.92 Å². The van der Waals surface area contributed by atoms with Gasteiger partial charge in [0.1, 0.15) is 17.0 Å². The van der Waals surface area contributed by atoms with Crippen molar-refractivity contribution in [3.05, 3.63) is 46.6 Å². The van der Waals surface area contributed by atoms with Gasteiger partial charge in [0.05, 0.1) is 10.3 Å². The van der Waals surface area contributed by atoms with Crippen LogP contribution in [0.4, 0.5) is 11.5 Å². The van der Waals surface area contributed by atoms with Crippen molar-refractivity contribution in [3.63, 3.8) is 0 Å². The van der Waals surface area contributed by atoms with Crippen molar-refractivity contribution in [1.29, 1.82) is 0 Å². The van der Waals surface area contributed by atoms with Crippen molar-refractivity contribution in [3.8, 4) is 0 Å². The molecule has 0 radical (unpaired) electrons. The summed E-state index contributed by atoms with van der Waals surface area (Å²) in [5.74, 6) is 0.884. The Morgan fingerprint density at radius 1 is 1.19 bits per heavy atom. The maximum atomic E-state index is 12.8. The van der Waals surface area contributed by atoms with Crippen LogP contribution >= 0.6 is 11.3 Å². The van der Waals surface area contributed by atoms with Crippen LogP contribution in [-0.4, -0.2) is 29.0 Å². The number of hydrogen-bond donors (Lipinski definition) is 1. The van der Waals surface area contributed by atoms with Gasteiger partial charge < -0.3 is 10.2 Å². The molecule has 1 N–H and O–H groups in total. The predicted molar refractivity (Wildman–Crippen MR) is 107 cm³/mol. The Morgan fingerprint density at radius 2 is 1.92 bits per heavy atom. The number of hydrogen-bond acceptors (Lipinski definition) is 5. The molecule has 2 aromatic heterocycles. The lowest BCUT2D eigenvalue weighted by Crippen LogP contribution is -2.19. The van der Waals surface area contributed by atoms with E-state index in [9.17, 15) is 4.79 Å². The van der Waals surface area contributed by atoms with Gasteiger partial charge in [-0.2, -0.15) is 0 Å². The molecule has 0 bridgehead atoms. The summed E-state index contributed by atoms with van der Waals surface area (Å²) in [6, 6.07) is 8.00.